The number of benzene rings is 1. The van der Waals surface area contributed by atoms with E-state index in [4.69, 9.17) is 4.74 Å². The fraction of sp³-hybridized carbons (Fsp3) is 0.462. The summed E-state index contributed by atoms with van der Waals surface area (Å²) in [5, 5.41) is 3.05. The van der Waals surface area contributed by atoms with Gasteiger partial charge in [0.25, 0.3) is 5.91 Å². The molecule has 4 nitrogen and oxygen atoms in total. The molecule has 1 unspecified atom stereocenters. The van der Waals surface area contributed by atoms with Crippen molar-refractivity contribution in [3.8, 4) is 0 Å². The van der Waals surface area contributed by atoms with Crippen LogP contribution in [0, 0.1) is 5.82 Å². The SMILES string of the molecule is CNCCC1COCC(=O)N1c1cccc(F)c1. The van der Waals surface area contributed by atoms with Crippen molar-refractivity contribution in [2.45, 2.75) is 12.5 Å². The molecule has 5 heteroatoms. The molecule has 1 fully saturated rings. The number of morpholine rings is 1. The summed E-state index contributed by atoms with van der Waals surface area (Å²) in [5.41, 5.74) is 0.601. The van der Waals surface area contributed by atoms with Gasteiger partial charge < -0.3 is 15.0 Å². The van der Waals surface area contributed by atoms with Gasteiger partial charge in [-0.05, 0) is 38.2 Å². The summed E-state index contributed by atoms with van der Waals surface area (Å²) in [7, 11) is 1.86. The Balaban J connectivity index is 2.21. The Kier molecular flexibility index (Phi) is 4.28. The third-order valence-corrected chi connectivity index (χ3v) is 2.98. The normalized spacial score (nSPS) is 20.2. The molecule has 1 N–H and O–H groups in total. The highest BCUT2D eigenvalue weighted by molar-refractivity contribution is 5.95. The Hall–Kier alpha value is -1.46. The van der Waals surface area contributed by atoms with E-state index < -0.39 is 0 Å². The van der Waals surface area contributed by atoms with E-state index in [-0.39, 0.29) is 24.4 Å². The van der Waals surface area contributed by atoms with Crippen LogP contribution in [-0.2, 0) is 9.53 Å². The number of halogens is 1. The zero-order valence-corrected chi connectivity index (χ0v) is 10.4. The molecular weight excluding hydrogens is 235 g/mol. The summed E-state index contributed by atoms with van der Waals surface area (Å²) in [6.07, 6.45) is 0.777. The Morgan fingerprint density at radius 3 is 3.11 bits per heavy atom. The fourth-order valence-corrected chi connectivity index (χ4v) is 2.13. The van der Waals surface area contributed by atoms with Crippen molar-refractivity contribution in [1.29, 1.82) is 0 Å². The highest BCUT2D eigenvalue weighted by Gasteiger charge is 2.29. The van der Waals surface area contributed by atoms with Crippen LogP contribution < -0.4 is 10.2 Å². The maximum atomic E-state index is 13.2. The second-order valence-electron chi connectivity index (χ2n) is 4.30. The maximum absolute atomic E-state index is 13.2. The van der Waals surface area contributed by atoms with E-state index in [2.05, 4.69) is 5.32 Å². The van der Waals surface area contributed by atoms with Crippen LogP contribution in [0.2, 0.25) is 0 Å². The Morgan fingerprint density at radius 1 is 1.56 bits per heavy atom. The monoisotopic (exact) mass is 252 g/mol. The second-order valence-corrected chi connectivity index (χ2v) is 4.30. The lowest BCUT2D eigenvalue weighted by Crippen LogP contribution is -2.50. The minimum absolute atomic E-state index is 0.0412. The van der Waals surface area contributed by atoms with Gasteiger partial charge in [-0.15, -0.1) is 0 Å². The molecular formula is C13H17FN2O2. The second kappa shape index (κ2) is 5.93. The van der Waals surface area contributed by atoms with Crippen molar-refractivity contribution < 1.29 is 13.9 Å². The van der Waals surface area contributed by atoms with Gasteiger partial charge in [0.1, 0.15) is 12.4 Å². The first-order chi connectivity index (χ1) is 8.72. The molecule has 0 aliphatic carbocycles. The molecule has 1 aromatic carbocycles. The number of carbonyl (C=O) groups is 1. The predicted octanol–water partition coefficient (Wildman–Crippen LogP) is 1.17. The molecule has 1 atom stereocenters. The summed E-state index contributed by atoms with van der Waals surface area (Å²) in [5.74, 6) is -0.452. The van der Waals surface area contributed by atoms with Crippen LogP contribution in [0.3, 0.4) is 0 Å². The highest BCUT2D eigenvalue weighted by Crippen LogP contribution is 2.22. The van der Waals surface area contributed by atoms with E-state index in [9.17, 15) is 9.18 Å². The van der Waals surface area contributed by atoms with Crippen molar-refractivity contribution in [3.63, 3.8) is 0 Å². The van der Waals surface area contributed by atoms with Crippen LogP contribution >= 0.6 is 0 Å². The molecule has 1 heterocycles. The number of amides is 1. The van der Waals surface area contributed by atoms with Gasteiger partial charge in [-0.25, -0.2) is 4.39 Å². The van der Waals surface area contributed by atoms with Crippen LogP contribution in [0.5, 0.6) is 0 Å². The minimum atomic E-state index is -0.334. The van der Waals surface area contributed by atoms with Crippen molar-refractivity contribution in [2.24, 2.45) is 0 Å². The fourth-order valence-electron chi connectivity index (χ4n) is 2.13. The van der Waals surface area contributed by atoms with Gasteiger partial charge in [-0.1, -0.05) is 6.07 Å². The first kappa shape index (κ1) is 13.0. The van der Waals surface area contributed by atoms with Gasteiger partial charge in [0.05, 0.1) is 12.6 Å². The Bertz CT molecular complexity index is 425. The predicted molar refractivity (Wildman–Crippen MR) is 67.0 cm³/mol. The van der Waals surface area contributed by atoms with Crippen LogP contribution in [0.25, 0.3) is 0 Å². The van der Waals surface area contributed by atoms with Crippen LogP contribution in [0.4, 0.5) is 10.1 Å². The zero-order chi connectivity index (χ0) is 13.0. The van der Waals surface area contributed by atoms with Crippen LogP contribution in [-0.4, -0.2) is 38.8 Å². The van der Waals surface area contributed by atoms with Gasteiger partial charge in [-0.3, -0.25) is 4.79 Å². The minimum Gasteiger partial charge on any atom is -0.369 e. The van der Waals surface area contributed by atoms with Crippen molar-refractivity contribution >= 4 is 11.6 Å². The van der Waals surface area contributed by atoms with Crippen molar-refractivity contribution in [2.75, 3.05) is 31.7 Å². The molecule has 1 saturated heterocycles. The van der Waals surface area contributed by atoms with Crippen molar-refractivity contribution in [1.82, 2.24) is 5.32 Å². The largest absolute Gasteiger partial charge is 0.369 e. The van der Waals surface area contributed by atoms with Gasteiger partial charge in [0.2, 0.25) is 0 Å². The van der Waals surface area contributed by atoms with E-state index >= 15 is 0 Å². The molecule has 1 aromatic rings. The number of ether oxygens (including phenoxy) is 1. The molecule has 0 radical (unpaired) electrons. The molecule has 0 saturated carbocycles. The average molecular weight is 252 g/mol. The lowest BCUT2D eigenvalue weighted by molar-refractivity contribution is -0.127. The smallest absolute Gasteiger partial charge is 0.253 e. The third-order valence-electron chi connectivity index (χ3n) is 2.98. The van der Waals surface area contributed by atoms with Gasteiger partial charge in [0.15, 0.2) is 0 Å². The van der Waals surface area contributed by atoms with Crippen LogP contribution in [0.1, 0.15) is 6.42 Å². The van der Waals surface area contributed by atoms with Gasteiger partial charge >= 0.3 is 0 Å². The Labute approximate surface area is 106 Å². The van der Waals surface area contributed by atoms with Gasteiger partial charge in [-0.2, -0.15) is 0 Å². The van der Waals surface area contributed by atoms with Crippen LogP contribution in [0.15, 0.2) is 24.3 Å². The number of nitrogens with zero attached hydrogens (tertiary/aromatic N) is 1. The summed E-state index contributed by atoms with van der Waals surface area (Å²) in [4.78, 5) is 13.6. The van der Waals surface area contributed by atoms with E-state index in [1.54, 1.807) is 17.0 Å². The number of hydrogen-bond acceptors (Lipinski definition) is 3. The first-order valence-corrected chi connectivity index (χ1v) is 6.02. The molecule has 0 spiro atoms. The number of hydrogen-bond donors (Lipinski definition) is 1. The van der Waals surface area contributed by atoms with E-state index in [0.717, 1.165) is 13.0 Å². The highest BCUT2D eigenvalue weighted by atomic mass is 19.1. The lowest BCUT2D eigenvalue weighted by Gasteiger charge is -2.35. The quantitative estimate of drug-likeness (QED) is 0.874. The zero-order valence-electron chi connectivity index (χ0n) is 10.4. The third kappa shape index (κ3) is 2.86. The molecule has 1 aliphatic heterocycles. The molecule has 0 bridgehead atoms. The number of rotatable bonds is 4. The summed E-state index contributed by atoms with van der Waals surface area (Å²) < 4.78 is 18.5. The molecule has 1 aliphatic rings. The summed E-state index contributed by atoms with van der Waals surface area (Å²) in [6, 6.07) is 6.08. The van der Waals surface area contributed by atoms with E-state index in [1.807, 2.05) is 7.05 Å². The molecule has 1 amide bonds. The summed E-state index contributed by atoms with van der Waals surface area (Å²) in [6.45, 7) is 1.34. The summed E-state index contributed by atoms with van der Waals surface area (Å²) >= 11 is 0. The topological polar surface area (TPSA) is 41.6 Å². The van der Waals surface area contributed by atoms with E-state index in [1.165, 1.54) is 12.1 Å². The number of nitrogens with one attached hydrogen (secondary N) is 1. The average Bonchev–Trinajstić information content (AvgIpc) is 2.36. The standard InChI is InChI=1S/C13H17FN2O2/c1-15-6-5-12-8-18-9-13(17)16(12)11-4-2-3-10(14)7-11/h2-4,7,12,15H,5-6,8-9H2,1H3. The number of anilines is 1. The van der Waals surface area contributed by atoms with Crippen molar-refractivity contribution in [3.05, 3.63) is 30.1 Å². The van der Waals surface area contributed by atoms with E-state index in [0.29, 0.717) is 12.3 Å². The molecule has 18 heavy (non-hydrogen) atoms. The lowest BCUT2D eigenvalue weighted by atomic mass is 10.1. The number of carbonyl (C=O) groups excluding carboxylic acids is 1. The first-order valence-electron chi connectivity index (χ1n) is 6.02. The molecule has 0 aromatic heterocycles. The van der Waals surface area contributed by atoms with Gasteiger partial charge in [0, 0.05) is 5.69 Å². The maximum Gasteiger partial charge on any atom is 0.253 e. The molecule has 2 rings (SSSR count). The Morgan fingerprint density at radius 2 is 2.39 bits per heavy atom. The molecule has 98 valence electrons.